The molecule has 7 heteroatoms. The number of hydrogen-bond acceptors (Lipinski definition) is 5. The average molecular weight is 367 g/mol. The summed E-state index contributed by atoms with van der Waals surface area (Å²) in [4.78, 5) is 26.4. The van der Waals surface area contributed by atoms with Crippen molar-refractivity contribution < 1.29 is 22.7 Å². The van der Waals surface area contributed by atoms with E-state index in [0.29, 0.717) is 24.3 Å². The number of benzene rings is 1. The molecule has 1 unspecified atom stereocenters. The summed E-state index contributed by atoms with van der Waals surface area (Å²) in [5, 5.41) is 0. The van der Waals surface area contributed by atoms with Crippen LogP contribution in [0.3, 0.4) is 0 Å². The van der Waals surface area contributed by atoms with Gasteiger partial charge >= 0.3 is 5.97 Å². The van der Waals surface area contributed by atoms with Crippen LogP contribution in [-0.4, -0.2) is 50.6 Å². The van der Waals surface area contributed by atoms with Crippen LogP contribution >= 0.6 is 0 Å². The van der Waals surface area contributed by atoms with Crippen LogP contribution in [0.25, 0.3) is 0 Å². The van der Waals surface area contributed by atoms with Crippen LogP contribution in [0.15, 0.2) is 24.3 Å². The van der Waals surface area contributed by atoms with E-state index < -0.39 is 9.84 Å². The van der Waals surface area contributed by atoms with Crippen molar-refractivity contribution in [3.8, 4) is 0 Å². The highest BCUT2D eigenvalue weighted by Gasteiger charge is 2.35. The van der Waals surface area contributed by atoms with Gasteiger partial charge in [-0.15, -0.1) is 0 Å². The zero-order valence-corrected chi connectivity index (χ0v) is 15.7. The molecule has 1 amide bonds. The third-order valence-electron chi connectivity index (χ3n) is 4.04. The number of carbonyl (C=O) groups is 2. The molecular weight excluding hydrogens is 342 g/mol. The fourth-order valence-corrected chi connectivity index (χ4v) is 3.45. The minimum Gasteiger partial charge on any atom is -0.466 e. The molecule has 25 heavy (non-hydrogen) atoms. The van der Waals surface area contributed by atoms with Gasteiger partial charge in [0.15, 0.2) is 9.84 Å². The van der Waals surface area contributed by atoms with Crippen molar-refractivity contribution in [3.05, 3.63) is 35.4 Å². The van der Waals surface area contributed by atoms with Gasteiger partial charge in [-0.2, -0.15) is 0 Å². The molecule has 1 atom stereocenters. The van der Waals surface area contributed by atoms with Crippen molar-refractivity contribution in [2.75, 3.05) is 19.4 Å². The molecule has 0 spiro atoms. The fraction of sp³-hybridized carbons (Fsp3) is 0.556. The van der Waals surface area contributed by atoms with Crippen LogP contribution in [-0.2, 0) is 25.1 Å². The smallest absolute Gasteiger partial charge is 0.310 e. The standard InChI is InChI=1S/C18H25NO5S/c1-4-24-18(21)13(2)11-19(16-9-10-16)17(20)15-7-5-14(6-8-15)12-25(3,22)23/h5-8,13,16H,4,9-12H2,1-3H3. The average Bonchev–Trinajstić information content (AvgIpc) is 3.36. The zero-order chi connectivity index (χ0) is 18.6. The molecule has 1 fully saturated rings. The Hall–Kier alpha value is -1.89. The number of sulfone groups is 1. The van der Waals surface area contributed by atoms with Gasteiger partial charge in [-0.05, 0) is 37.5 Å². The minimum absolute atomic E-state index is 0.0479. The van der Waals surface area contributed by atoms with E-state index in [1.54, 1.807) is 43.0 Å². The van der Waals surface area contributed by atoms with Gasteiger partial charge in [-0.1, -0.05) is 19.1 Å². The maximum absolute atomic E-state index is 12.8. The molecule has 0 aliphatic heterocycles. The van der Waals surface area contributed by atoms with Crippen LogP contribution in [0.1, 0.15) is 42.6 Å². The number of esters is 1. The third kappa shape index (κ3) is 5.85. The van der Waals surface area contributed by atoms with E-state index in [1.165, 1.54) is 6.26 Å². The molecule has 1 saturated carbocycles. The Bertz CT molecular complexity index is 722. The van der Waals surface area contributed by atoms with Gasteiger partial charge in [-0.3, -0.25) is 9.59 Å². The van der Waals surface area contributed by atoms with Crippen LogP contribution in [0.2, 0.25) is 0 Å². The molecule has 1 aromatic rings. The van der Waals surface area contributed by atoms with E-state index in [2.05, 4.69) is 0 Å². The first kappa shape index (κ1) is 19.4. The molecule has 0 radical (unpaired) electrons. The highest BCUT2D eigenvalue weighted by molar-refractivity contribution is 7.89. The highest BCUT2D eigenvalue weighted by Crippen LogP contribution is 2.29. The lowest BCUT2D eigenvalue weighted by molar-refractivity contribution is -0.147. The van der Waals surface area contributed by atoms with Crippen molar-refractivity contribution >= 4 is 21.7 Å². The minimum atomic E-state index is -3.11. The molecule has 1 aliphatic carbocycles. The predicted molar refractivity (Wildman–Crippen MR) is 94.8 cm³/mol. The van der Waals surface area contributed by atoms with Crippen molar-refractivity contribution in [3.63, 3.8) is 0 Å². The van der Waals surface area contributed by atoms with E-state index >= 15 is 0 Å². The summed E-state index contributed by atoms with van der Waals surface area (Å²) in [5.74, 6) is -0.865. The number of hydrogen-bond donors (Lipinski definition) is 0. The molecule has 0 N–H and O–H groups in total. The van der Waals surface area contributed by atoms with Crippen molar-refractivity contribution in [1.29, 1.82) is 0 Å². The van der Waals surface area contributed by atoms with E-state index in [0.717, 1.165) is 12.8 Å². The van der Waals surface area contributed by atoms with E-state index in [4.69, 9.17) is 4.74 Å². The topological polar surface area (TPSA) is 80.8 Å². The molecule has 0 saturated heterocycles. The summed E-state index contributed by atoms with van der Waals surface area (Å²) in [6.07, 6.45) is 3.05. The third-order valence-corrected chi connectivity index (χ3v) is 4.90. The summed E-state index contributed by atoms with van der Waals surface area (Å²) >= 11 is 0. The first-order valence-electron chi connectivity index (χ1n) is 8.45. The summed E-state index contributed by atoms with van der Waals surface area (Å²) in [7, 11) is -3.11. The van der Waals surface area contributed by atoms with Crippen LogP contribution in [0.4, 0.5) is 0 Å². The Kier molecular flexibility index (Phi) is 6.21. The first-order valence-corrected chi connectivity index (χ1v) is 10.5. The summed E-state index contributed by atoms with van der Waals surface area (Å²) in [6.45, 7) is 4.16. The Labute approximate surface area is 149 Å². The number of nitrogens with zero attached hydrogens (tertiary/aromatic N) is 1. The second-order valence-electron chi connectivity index (χ2n) is 6.61. The Morgan fingerprint density at radius 3 is 2.32 bits per heavy atom. The number of amides is 1. The first-order chi connectivity index (χ1) is 11.7. The number of ether oxygens (including phenoxy) is 1. The Balaban J connectivity index is 2.08. The molecule has 0 aromatic heterocycles. The van der Waals surface area contributed by atoms with Gasteiger partial charge in [0.2, 0.25) is 0 Å². The fourth-order valence-electron chi connectivity index (χ4n) is 2.65. The predicted octanol–water partition coefficient (Wildman–Crippen LogP) is 2.04. The largest absolute Gasteiger partial charge is 0.466 e. The number of carbonyl (C=O) groups excluding carboxylic acids is 2. The Morgan fingerprint density at radius 1 is 1.24 bits per heavy atom. The second-order valence-corrected chi connectivity index (χ2v) is 8.75. The monoisotopic (exact) mass is 367 g/mol. The lowest BCUT2D eigenvalue weighted by Gasteiger charge is -2.25. The van der Waals surface area contributed by atoms with Gasteiger partial charge in [0, 0.05) is 24.4 Å². The molecule has 0 bridgehead atoms. The lowest BCUT2D eigenvalue weighted by Crippen LogP contribution is -2.39. The van der Waals surface area contributed by atoms with Crippen LogP contribution in [0.5, 0.6) is 0 Å². The van der Waals surface area contributed by atoms with E-state index in [-0.39, 0.29) is 29.6 Å². The molecule has 2 rings (SSSR count). The SMILES string of the molecule is CCOC(=O)C(C)CN(C(=O)c1ccc(CS(C)(=O)=O)cc1)C1CC1. The summed E-state index contributed by atoms with van der Waals surface area (Å²) in [6, 6.07) is 6.78. The van der Waals surface area contributed by atoms with E-state index in [1.807, 2.05) is 0 Å². The van der Waals surface area contributed by atoms with Gasteiger partial charge in [-0.25, -0.2) is 8.42 Å². The van der Waals surface area contributed by atoms with Crippen LogP contribution < -0.4 is 0 Å². The van der Waals surface area contributed by atoms with Gasteiger partial charge < -0.3 is 9.64 Å². The maximum Gasteiger partial charge on any atom is 0.310 e. The van der Waals surface area contributed by atoms with Gasteiger partial charge in [0.1, 0.15) is 0 Å². The van der Waals surface area contributed by atoms with Crippen molar-refractivity contribution in [1.82, 2.24) is 4.90 Å². The molecule has 1 aliphatic rings. The molecule has 1 aromatic carbocycles. The highest BCUT2D eigenvalue weighted by atomic mass is 32.2. The van der Waals surface area contributed by atoms with Crippen molar-refractivity contribution in [2.45, 2.75) is 38.5 Å². The molecule has 6 nitrogen and oxygen atoms in total. The summed E-state index contributed by atoms with van der Waals surface area (Å²) < 4.78 is 27.7. The van der Waals surface area contributed by atoms with Gasteiger partial charge in [0.25, 0.3) is 5.91 Å². The van der Waals surface area contributed by atoms with Crippen LogP contribution in [0, 0.1) is 5.92 Å². The van der Waals surface area contributed by atoms with Gasteiger partial charge in [0.05, 0.1) is 18.3 Å². The molecular formula is C18H25NO5S. The quantitative estimate of drug-likeness (QED) is 0.657. The summed E-state index contributed by atoms with van der Waals surface area (Å²) in [5.41, 5.74) is 1.15. The van der Waals surface area contributed by atoms with Crippen molar-refractivity contribution in [2.24, 2.45) is 5.92 Å². The zero-order valence-electron chi connectivity index (χ0n) is 14.9. The van der Waals surface area contributed by atoms with E-state index in [9.17, 15) is 18.0 Å². The number of rotatable bonds is 8. The second kappa shape index (κ2) is 7.99. The lowest BCUT2D eigenvalue weighted by atomic mass is 10.1. The Morgan fingerprint density at radius 2 is 1.84 bits per heavy atom. The molecule has 0 heterocycles. The normalized spacial score (nSPS) is 15.5. The maximum atomic E-state index is 12.8. The molecule has 138 valence electrons.